The molecule has 0 radical (unpaired) electrons. The van der Waals surface area contributed by atoms with Gasteiger partial charge in [-0.1, -0.05) is 6.42 Å². The Morgan fingerprint density at radius 1 is 1.38 bits per heavy atom. The summed E-state index contributed by atoms with van der Waals surface area (Å²) in [6.07, 6.45) is 7.36. The van der Waals surface area contributed by atoms with Crippen LogP contribution in [-0.2, 0) is 11.2 Å². The normalized spacial score (nSPS) is 31.9. The van der Waals surface area contributed by atoms with Gasteiger partial charge in [-0.25, -0.2) is 0 Å². The summed E-state index contributed by atoms with van der Waals surface area (Å²) in [6.45, 7) is 0. The third-order valence-electron chi connectivity index (χ3n) is 4.92. The van der Waals surface area contributed by atoms with Gasteiger partial charge in [0.25, 0.3) is 0 Å². The molecule has 2 saturated carbocycles. The van der Waals surface area contributed by atoms with Crippen LogP contribution < -0.4 is 11.1 Å². The van der Waals surface area contributed by atoms with Gasteiger partial charge in [0.05, 0.1) is 0 Å². The lowest BCUT2D eigenvalue weighted by atomic mass is 9.67. The highest BCUT2D eigenvalue weighted by Crippen LogP contribution is 2.39. The first kappa shape index (κ1) is 15.5. The molecule has 2 aliphatic carbocycles. The van der Waals surface area contributed by atoms with Crippen molar-refractivity contribution in [3.8, 4) is 0 Å². The van der Waals surface area contributed by atoms with E-state index in [9.17, 15) is 4.79 Å². The maximum atomic E-state index is 12.3. The number of thiophene rings is 1. The number of carbonyl (C=O) groups excluding carboxylic acids is 1. The fourth-order valence-corrected chi connectivity index (χ4v) is 5.46. The van der Waals surface area contributed by atoms with Gasteiger partial charge in [-0.3, -0.25) is 4.79 Å². The fraction of sp³-hybridized carbons (Fsp3) is 0.688. The third-order valence-corrected chi connectivity index (χ3v) is 6.68. The fourth-order valence-electron chi connectivity index (χ4n) is 4.00. The Bertz CT molecular complexity index is 490. The SMILES string of the molecule is NC1CC2CCCC(C1)C2NC(=O)CCc1cc(Br)cs1. The number of aryl methyl sites for hydroxylation is 1. The van der Waals surface area contributed by atoms with Crippen LogP contribution in [0.1, 0.15) is 43.4 Å². The van der Waals surface area contributed by atoms with Gasteiger partial charge in [-0.05, 0) is 65.9 Å². The summed E-state index contributed by atoms with van der Waals surface area (Å²) in [7, 11) is 0. The predicted molar refractivity (Wildman–Crippen MR) is 90.3 cm³/mol. The first-order chi connectivity index (χ1) is 10.1. The summed E-state index contributed by atoms with van der Waals surface area (Å²) in [5.41, 5.74) is 6.14. The second-order valence-electron chi connectivity index (χ2n) is 6.51. The molecule has 2 aliphatic rings. The van der Waals surface area contributed by atoms with Crippen molar-refractivity contribution in [1.82, 2.24) is 5.32 Å². The van der Waals surface area contributed by atoms with Gasteiger partial charge >= 0.3 is 0 Å². The number of hydrogen-bond donors (Lipinski definition) is 2. The molecule has 1 heterocycles. The van der Waals surface area contributed by atoms with Crippen molar-refractivity contribution < 1.29 is 4.79 Å². The van der Waals surface area contributed by atoms with E-state index in [-0.39, 0.29) is 5.91 Å². The monoisotopic (exact) mass is 370 g/mol. The number of hydrogen-bond acceptors (Lipinski definition) is 3. The largest absolute Gasteiger partial charge is 0.353 e. The molecule has 2 unspecified atom stereocenters. The minimum Gasteiger partial charge on any atom is -0.353 e. The Morgan fingerprint density at radius 3 is 2.71 bits per heavy atom. The zero-order valence-electron chi connectivity index (χ0n) is 12.2. The van der Waals surface area contributed by atoms with Crippen LogP contribution in [0.3, 0.4) is 0 Å². The van der Waals surface area contributed by atoms with Crippen molar-refractivity contribution >= 4 is 33.2 Å². The first-order valence-corrected chi connectivity index (χ1v) is 9.57. The minimum absolute atomic E-state index is 0.205. The first-order valence-electron chi connectivity index (χ1n) is 7.89. The van der Waals surface area contributed by atoms with Gasteiger partial charge in [-0.2, -0.15) is 0 Å². The van der Waals surface area contributed by atoms with Crippen LogP contribution in [0.5, 0.6) is 0 Å². The quantitative estimate of drug-likeness (QED) is 0.852. The summed E-state index contributed by atoms with van der Waals surface area (Å²) in [5.74, 6) is 1.41. The van der Waals surface area contributed by atoms with E-state index in [1.54, 1.807) is 11.3 Å². The lowest BCUT2D eigenvalue weighted by molar-refractivity contribution is -0.123. The standard InChI is InChI=1S/C16H23BrN2OS/c17-12-8-14(21-9-12)4-5-15(20)19-16-10-2-1-3-11(16)7-13(18)6-10/h8-11,13,16H,1-7,18H2,(H,19,20). The smallest absolute Gasteiger partial charge is 0.220 e. The zero-order valence-corrected chi connectivity index (χ0v) is 14.6. The predicted octanol–water partition coefficient (Wildman–Crippen LogP) is 3.47. The molecule has 0 aliphatic heterocycles. The van der Waals surface area contributed by atoms with Gasteiger partial charge in [0.2, 0.25) is 5.91 Å². The molecule has 3 nitrogen and oxygen atoms in total. The second kappa shape index (κ2) is 6.80. The number of carbonyl (C=O) groups is 1. The van der Waals surface area contributed by atoms with Crippen LogP contribution in [0.15, 0.2) is 15.9 Å². The molecule has 3 rings (SSSR count). The summed E-state index contributed by atoms with van der Waals surface area (Å²) in [4.78, 5) is 13.5. The molecule has 0 spiro atoms. The molecule has 2 atom stereocenters. The average molecular weight is 371 g/mol. The summed E-state index contributed by atoms with van der Waals surface area (Å²) < 4.78 is 1.11. The van der Waals surface area contributed by atoms with E-state index < -0.39 is 0 Å². The molecule has 2 fully saturated rings. The van der Waals surface area contributed by atoms with Crippen molar-refractivity contribution in [2.75, 3.05) is 0 Å². The van der Waals surface area contributed by atoms with Gasteiger partial charge in [0.15, 0.2) is 0 Å². The lowest BCUT2D eigenvalue weighted by Crippen LogP contribution is -2.53. The van der Waals surface area contributed by atoms with Gasteiger partial charge in [-0.15, -0.1) is 11.3 Å². The Balaban J connectivity index is 1.52. The van der Waals surface area contributed by atoms with Gasteiger partial charge < -0.3 is 11.1 Å². The topological polar surface area (TPSA) is 55.1 Å². The Hall–Kier alpha value is -0.390. The molecule has 21 heavy (non-hydrogen) atoms. The lowest BCUT2D eigenvalue weighted by Gasteiger charge is -2.45. The minimum atomic E-state index is 0.205. The molecule has 3 N–H and O–H groups in total. The molecule has 116 valence electrons. The highest BCUT2D eigenvalue weighted by molar-refractivity contribution is 9.10. The second-order valence-corrected chi connectivity index (χ2v) is 8.42. The van der Waals surface area contributed by atoms with Gasteiger partial charge in [0.1, 0.15) is 0 Å². The Morgan fingerprint density at radius 2 is 2.10 bits per heavy atom. The van der Waals surface area contributed by atoms with Crippen LogP contribution in [-0.4, -0.2) is 18.0 Å². The molecule has 2 bridgehead atoms. The maximum absolute atomic E-state index is 12.3. The number of nitrogens with two attached hydrogens (primary N) is 1. The highest BCUT2D eigenvalue weighted by atomic mass is 79.9. The molecular formula is C16H23BrN2OS. The van der Waals surface area contributed by atoms with E-state index >= 15 is 0 Å². The van der Waals surface area contributed by atoms with E-state index in [1.807, 2.05) is 0 Å². The van der Waals surface area contributed by atoms with Crippen molar-refractivity contribution in [3.63, 3.8) is 0 Å². The van der Waals surface area contributed by atoms with Crippen LogP contribution >= 0.6 is 27.3 Å². The molecule has 5 heteroatoms. The van der Waals surface area contributed by atoms with E-state index in [1.165, 1.54) is 24.1 Å². The van der Waals surface area contributed by atoms with Crippen LogP contribution in [0.25, 0.3) is 0 Å². The third kappa shape index (κ3) is 3.88. The highest BCUT2D eigenvalue weighted by Gasteiger charge is 2.39. The van der Waals surface area contributed by atoms with E-state index in [4.69, 9.17) is 5.73 Å². The number of halogens is 1. The molecule has 1 aromatic heterocycles. The molecular weight excluding hydrogens is 348 g/mol. The molecule has 0 aromatic carbocycles. The summed E-state index contributed by atoms with van der Waals surface area (Å²) in [6, 6.07) is 2.82. The van der Waals surface area contributed by atoms with E-state index in [0.29, 0.717) is 30.3 Å². The molecule has 1 amide bonds. The van der Waals surface area contributed by atoms with Crippen molar-refractivity contribution in [2.45, 2.75) is 57.0 Å². The van der Waals surface area contributed by atoms with Crippen molar-refractivity contribution in [1.29, 1.82) is 0 Å². The van der Waals surface area contributed by atoms with Crippen LogP contribution in [0.4, 0.5) is 0 Å². The molecule has 1 aromatic rings. The number of fused-ring (bicyclic) bond motifs is 2. The zero-order chi connectivity index (χ0) is 14.8. The maximum Gasteiger partial charge on any atom is 0.220 e. The number of rotatable bonds is 4. The van der Waals surface area contributed by atoms with E-state index in [0.717, 1.165) is 23.7 Å². The Labute approximate surface area is 138 Å². The average Bonchev–Trinajstić information content (AvgIpc) is 2.83. The summed E-state index contributed by atoms with van der Waals surface area (Å²) in [5, 5.41) is 5.39. The van der Waals surface area contributed by atoms with Crippen LogP contribution in [0.2, 0.25) is 0 Å². The number of nitrogens with one attached hydrogen (secondary N) is 1. The van der Waals surface area contributed by atoms with Crippen molar-refractivity contribution in [2.24, 2.45) is 17.6 Å². The van der Waals surface area contributed by atoms with Gasteiger partial charge in [0, 0.05) is 33.2 Å². The number of amides is 1. The summed E-state index contributed by atoms with van der Waals surface area (Å²) >= 11 is 5.17. The molecule has 0 saturated heterocycles. The Kier molecular flexibility index (Phi) is 5.02. The van der Waals surface area contributed by atoms with Crippen molar-refractivity contribution in [3.05, 3.63) is 20.8 Å². The van der Waals surface area contributed by atoms with Crippen LogP contribution in [0, 0.1) is 11.8 Å². The van der Waals surface area contributed by atoms with E-state index in [2.05, 4.69) is 32.7 Å².